The summed E-state index contributed by atoms with van der Waals surface area (Å²) in [7, 11) is -16.4. The molecular formula is C9H16N3O12P3S. The molecular weight excluding hydrogens is 467 g/mol. The van der Waals surface area contributed by atoms with Crippen LogP contribution in [0, 0.1) is 0 Å². The van der Waals surface area contributed by atoms with Crippen LogP contribution in [0.4, 0.5) is 5.82 Å². The van der Waals surface area contributed by atoms with Gasteiger partial charge in [-0.05, 0) is 6.07 Å². The molecule has 1 aromatic rings. The summed E-state index contributed by atoms with van der Waals surface area (Å²) in [4.78, 5) is 50.8. The van der Waals surface area contributed by atoms with Gasteiger partial charge in [0.1, 0.15) is 12.0 Å². The maximum absolute atomic E-state index is 11.8. The number of rotatable bonds is 8. The molecule has 2 rings (SSSR count). The van der Waals surface area contributed by atoms with E-state index in [4.69, 9.17) is 25.2 Å². The summed E-state index contributed by atoms with van der Waals surface area (Å²) in [5, 5.41) is -0.582. The van der Waals surface area contributed by atoms with E-state index in [1.54, 1.807) is 0 Å². The molecule has 0 bridgehead atoms. The fraction of sp³-hybridized carbons (Fsp3) is 0.556. The predicted molar refractivity (Wildman–Crippen MR) is 94.0 cm³/mol. The number of nitrogens with zero attached hydrogens (tertiary/aromatic N) is 2. The molecule has 0 amide bonds. The maximum Gasteiger partial charge on any atom is 0.490 e. The summed E-state index contributed by atoms with van der Waals surface area (Å²) in [6.07, 6.45) is -0.278. The lowest BCUT2D eigenvalue weighted by molar-refractivity contribution is -0.0233. The van der Waals surface area contributed by atoms with E-state index in [0.29, 0.717) is 0 Å². The van der Waals surface area contributed by atoms with Gasteiger partial charge in [-0.3, -0.25) is 9.09 Å². The van der Waals surface area contributed by atoms with Gasteiger partial charge >= 0.3 is 29.2 Å². The van der Waals surface area contributed by atoms with Gasteiger partial charge in [0, 0.05) is 17.9 Å². The van der Waals surface area contributed by atoms with Gasteiger partial charge in [-0.15, -0.1) is 0 Å². The molecule has 1 saturated heterocycles. The fourth-order valence-electron chi connectivity index (χ4n) is 2.15. The van der Waals surface area contributed by atoms with Crippen molar-refractivity contribution in [3.63, 3.8) is 0 Å². The van der Waals surface area contributed by atoms with Crippen molar-refractivity contribution in [2.24, 2.45) is 0 Å². The Labute approximate surface area is 162 Å². The predicted octanol–water partition coefficient (Wildman–Crippen LogP) is -0.245. The van der Waals surface area contributed by atoms with Crippen molar-refractivity contribution in [3.05, 3.63) is 22.7 Å². The lowest BCUT2D eigenvalue weighted by Gasteiger charge is -2.19. The average molecular weight is 483 g/mol. The van der Waals surface area contributed by atoms with Crippen LogP contribution in [0.25, 0.3) is 0 Å². The number of nitrogens with two attached hydrogens (primary N) is 1. The molecule has 160 valence electrons. The Bertz CT molecular complexity index is 919. The standard InChI is InChI=1S/C9H16N3O12P3S/c10-7-1-2-12(9(13)11-7)8-3-6(28)5(22-8)4-21-26(17,18)24-27(19,20)23-25(14,15)16/h1-2,5-6,8,28H,3-4H2,(H,17,18)(H,19,20)(H2,10,11,13)(H2,14,15,16)/t5-,6+,8-/m1/s1. The van der Waals surface area contributed by atoms with E-state index in [1.165, 1.54) is 12.3 Å². The molecule has 1 aliphatic heterocycles. The second kappa shape index (κ2) is 8.64. The van der Waals surface area contributed by atoms with E-state index >= 15 is 0 Å². The van der Waals surface area contributed by atoms with Crippen LogP contribution in [0.3, 0.4) is 0 Å². The average Bonchev–Trinajstić information content (AvgIpc) is 2.82. The Morgan fingerprint density at radius 3 is 2.46 bits per heavy atom. The van der Waals surface area contributed by atoms with E-state index in [0.717, 1.165) is 4.57 Å². The maximum atomic E-state index is 11.8. The van der Waals surface area contributed by atoms with E-state index in [9.17, 15) is 23.4 Å². The molecule has 28 heavy (non-hydrogen) atoms. The van der Waals surface area contributed by atoms with Gasteiger partial charge in [0.25, 0.3) is 0 Å². The van der Waals surface area contributed by atoms with Crippen molar-refractivity contribution in [1.82, 2.24) is 9.55 Å². The molecule has 0 aliphatic carbocycles. The quantitative estimate of drug-likeness (QED) is 0.207. The van der Waals surface area contributed by atoms with Crippen LogP contribution >= 0.6 is 36.1 Å². The summed E-state index contributed by atoms with van der Waals surface area (Å²) < 4.78 is 51.8. The SMILES string of the molecule is Nc1ccn([C@H]2C[C@H](S)[C@@H](COP(=O)(O)OP(=O)(O)OP(=O)(O)O)O2)c(=O)n1. The van der Waals surface area contributed by atoms with Gasteiger partial charge < -0.3 is 30.0 Å². The van der Waals surface area contributed by atoms with Crippen LogP contribution in [-0.4, -0.2) is 47.1 Å². The normalized spacial score (nSPS) is 27.2. The zero-order chi connectivity index (χ0) is 21.3. The molecule has 1 aliphatic rings. The third kappa shape index (κ3) is 7.02. The number of aromatic nitrogens is 2. The number of hydrogen-bond acceptors (Lipinski definition) is 11. The van der Waals surface area contributed by atoms with Gasteiger partial charge in [0.15, 0.2) is 0 Å². The first-order valence-corrected chi connectivity index (χ1v) is 12.2. The van der Waals surface area contributed by atoms with Crippen molar-refractivity contribution in [1.29, 1.82) is 0 Å². The number of nitrogen functional groups attached to an aromatic ring is 1. The molecule has 5 atom stereocenters. The van der Waals surface area contributed by atoms with Crippen LogP contribution in [0.2, 0.25) is 0 Å². The van der Waals surface area contributed by atoms with E-state index in [-0.39, 0.29) is 12.2 Å². The van der Waals surface area contributed by atoms with Gasteiger partial charge in [-0.25, -0.2) is 18.5 Å². The smallest absolute Gasteiger partial charge is 0.383 e. The zero-order valence-electron chi connectivity index (χ0n) is 13.6. The molecule has 15 nitrogen and oxygen atoms in total. The molecule has 2 heterocycles. The first-order chi connectivity index (χ1) is 12.7. The van der Waals surface area contributed by atoms with E-state index in [1.807, 2.05) is 0 Å². The molecule has 0 radical (unpaired) electrons. The van der Waals surface area contributed by atoms with Crippen LogP contribution in [-0.2, 0) is 31.6 Å². The highest BCUT2D eigenvalue weighted by molar-refractivity contribution is 7.81. The van der Waals surface area contributed by atoms with Gasteiger partial charge in [-0.2, -0.15) is 26.2 Å². The Morgan fingerprint density at radius 2 is 1.89 bits per heavy atom. The number of ether oxygens (including phenoxy) is 1. The Morgan fingerprint density at radius 1 is 1.25 bits per heavy atom. The monoisotopic (exact) mass is 483 g/mol. The molecule has 0 aromatic carbocycles. The van der Waals surface area contributed by atoms with Crippen LogP contribution < -0.4 is 11.4 Å². The first kappa shape index (κ1) is 23.7. The molecule has 1 aromatic heterocycles. The van der Waals surface area contributed by atoms with Crippen LogP contribution in [0.1, 0.15) is 12.6 Å². The van der Waals surface area contributed by atoms with Crippen LogP contribution in [0.5, 0.6) is 0 Å². The Hall–Kier alpha value is -0.600. The lowest BCUT2D eigenvalue weighted by Crippen LogP contribution is -2.28. The largest absolute Gasteiger partial charge is 0.490 e. The van der Waals surface area contributed by atoms with Crippen LogP contribution in [0.15, 0.2) is 17.1 Å². The summed E-state index contributed by atoms with van der Waals surface area (Å²) in [6, 6.07) is 1.36. The van der Waals surface area contributed by atoms with Crippen molar-refractivity contribution in [2.45, 2.75) is 24.0 Å². The van der Waals surface area contributed by atoms with E-state index < -0.39 is 53.3 Å². The summed E-state index contributed by atoms with van der Waals surface area (Å²) in [5.41, 5.74) is 4.69. The Kier molecular flexibility index (Phi) is 7.31. The zero-order valence-corrected chi connectivity index (χ0v) is 17.2. The third-order valence-corrected chi connectivity index (χ3v) is 7.53. The third-order valence-electron chi connectivity index (χ3n) is 3.18. The molecule has 0 spiro atoms. The molecule has 2 unspecified atom stereocenters. The minimum atomic E-state index is -5.61. The fourth-order valence-corrected chi connectivity index (χ4v) is 5.52. The van der Waals surface area contributed by atoms with Crippen molar-refractivity contribution >= 4 is 41.9 Å². The molecule has 6 N–H and O–H groups in total. The topological polar surface area (TPSA) is 230 Å². The number of phosphoric acid groups is 3. The highest BCUT2D eigenvalue weighted by Crippen LogP contribution is 2.66. The van der Waals surface area contributed by atoms with Crippen molar-refractivity contribution < 1.29 is 51.2 Å². The lowest BCUT2D eigenvalue weighted by atomic mass is 10.2. The van der Waals surface area contributed by atoms with Crippen molar-refractivity contribution in [3.8, 4) is 0 Å². The molecule has 0 saturated carbocycles. The highest BCUT2D eigenvalue weighted by Gasteiger charge is 2.42. The highest BCUT2D eigenvalue weighted by atomic mass is 32.1. The minimum Gasteiger partial charge on any atom is -0.383 e. The number of phosphoric ester groups is 1. The summed E-state index contributed by atoms with van der Waals surface area (Å²) in [5.74, 6) is 0.00544. The second-order valence-corrected chi connectivity index (χ2v) is 10.4. The molecule has 19 heteroatoms. The van der Waals surface area contributed by atoms with E-state index in [2.05, 4.69) is 30.8 Å². The number of hydrogen-bond donors (Lipinski definition) is 6. The first-order valence-electron chi connectivity index (χ1n) is 7.14. The van der Waals surface area contributed by atoms with Gasteiger partial charge in [-0.1, -0.05) is 0 Å². The van der Waals surface area contributed by atoms with Gasteiger partial charge in [0.2, 0.25) is 0 Å². The van der Waals surface area contributed by atoms with Gasteiger partial charge in [0.05, 0.1) is 12.7 Å². The number of anilines is 1. The summed E-state index contributed by atoms with van der Waals surface area (Å²) in [6.45, 7) is -0.675. The number of thiol groups is 1. The molecule has 1 fully saturated rings. The summed E-state index contributed by atoms with van der Waals surface area (Å²) >= 11 is 4.21. The van der Waals surface area contributed by atoms with Crippen molar-refractivity contribution in [2.75, 3.05) is 12.3 Å². The Balaban J connectivity index is 1.98. The minimum absolute atomic E-state index is 0.00544. The second-order valence-electron chi connectivity index (χ2n) is 5.36.